The maximum absolute atomic E-state index is 13.7. The molecule has 0 N–H and O–H groups in total. The molecule has 2 atom stereocenters. The fourth-order valence-corrected chi connectivity index (χ4v) is 5.52. The summed E-state index contributed by atoms with van der Waals surface area (Å²) in [7, 11) is 0. The van der Waals surface area contributed by atoms with Gasteiger partial charge < -0.3 is 9.64 Å². The third-order valence-electron chi connectivity index (χ3n) is 7.32. The Balaban J connectivity index is 1.41. The van der Waals surface area contributed by atoms with E-state index in [0.717, 1.165) is 35.3 Å². The summed E-state index contributed by atoms with van der Waals surface area (Å²) < 4.78 is 7.73. The number of hydrogen-bond donors (Lipinski definition) is 0. The SMILES string of the molecule is [C-]#[N+]c1ccc(-c2cccc3c(=O)n(-c4ccc(N5C[C@@H](C)O[C@@H](C)C5)c(C5CC5)c4)ccc23)cc1. The Morgan fingerprint density at radius 3 is 2.36 bits per heavy atom. The van der Waals surface area contributed by atoms with Gasteiger partial charge in [-0.2, -0.15) is 0 Å². The van der Waals surface area contributed by atoms with Gasteiger partial charge >= 0.3 is 0 Å². The fraction of sp³-hybridized carbons (Fsp3) is 0.290. The van der Waals surface area contributed by atoms with E-state index in [1.807, 2.05) is 54.7 Å². The minimum atomic E-state index is -0.0183. The van der Waals surface area contributed by atoms with Crippen LogP contribution in [-0.4, -0.2) is 29.9 Å². The van der Waals surface area contributed by atoms with Crippen LogP contribution >= 0.6 is 0 Å². The largest absolute Gasteiger partial charge is 0.372 e. The van der Waals surface area contributed by atoms with Crippen LogP contribution in [0.4, 0.5) is 11.4 Å². The summed E-state index contributed by atoms with van der Waals surface area (Å²) in [5.74, 6) is 0.564. The smallest absolute Gasteiger partial charge is 0.262 e. The van der Waals surface area contributed by atoms with Crippen molar-refractivity contribution in [3.05, 3.63) is 100 Å². The summed E-state index contributed by atoms with van der Waals surface area (Å²) in [6.45, 7) is 13.2. The Kier molecular flexibility index (Phi) is 5.62. The third-order valence-corrected chi connectivity index (χ3v) is 7.32. The van der Waals surface area contributed by atoms with E-state index >= 15 is 0 Å². The highest BCUT2D eigenvalue weighted by atomic mass is 16.5. The molecule has 4 aromatic rings. The Hall–Kier alpha value is -3.88. The highest BCUT2D eigenvalue weighted by Crippen LogP contribution is 2.45. The number of morpholine rings is 1. The molecule has 36 heavy (non-hydrogen) atoms. The lowest BCUT2D eigenvalue weighted by Crippen LogP contribution is -2.45. The number of aromatic nitrogens is 1. The van der Waals surface area contributed by atoms with Crippen LogP contribution in [0.5, 0.6) is 0 Å². The summed E-state index contributed by atoms with van der Waals surface area (Å²) in [6.07, 6.45) is 4.71. The molecule has 1 aliphatic heterocycles. The van der Waals surface area contributed by atoms with Crippen LogP contribution in [0.1, 0.15) is 38.2 Å². The van der Waals surface area contributed by atoms with Gasteiger partial charge in [0.1, 0.15) is 0 Å². The van der Waals surface area contributed by atoms with Crippen molar-refractivity contribution in [2.24, 2.45) is 0 Å². The molecule has 1 saturated carbocycles. The first kappa shape index (κ1) is 22.6. The summed E-state index contributed by atoms with van der Waals surface area (Å²) >= 11 is 0. The lowest BCUT2D eigenvalue weighted by atomic mass is 9.99. The Morgan fingerprint density at radius 1 is 0.917 bits per heavy atom. The first-order valence-electron chi connectivity index (χ1n) is 12.7. The topological polar surface area (TPSA) is 38.8 Å². The molecular formula is C31H29N3O2. The zero-order chi connectivity index (χ0) is 24.8. The second kappa shape index (κ2) is 8.96. The van der Waals surface area contributed by atoms with Gasteiger partial charge in [0.2, 0.25) is 0 Å². The van der Waals surface area contributed by atoms with Gasteiger partial charge in [0, 0.05) is 36.0 Å². The Labute approximate surface area is 211 Å². The third kappa shape index (κ3) is 4.08. The monoisotopic (exact) mass is 475 g/mol. The van der Waals surface area contributed by atoms with E-state index in [0.29, 0.717) is 17.0 Å². The Bertz CT molecular complexity index is 1530. The van der Waals surface area contributed by atoms with E-state index in [9.17, 15) is 4.79 Å². The molecule has 0 bridgehead atoms. The molecule has 0 spiro atoms. The molecule has 6 rings (SSSR count). The zero-order valence-electron chi connectivity index (χ0n) is 20.6. The molecular weight excluding hydrogens is 446 g/mol. The first-order valence-corrected chi connectivity index (χ1v) is 12.7. The normalized spacial score (nSPS) is 19.9. The summed E-state index contributed by atoms with van der Waals surface area (Å²) in [6, 6.07) is 21.9. The highest BCUT2D eigenvalue weighted by molar-refractivity contribution is 5.96. The van der Waals surface area contributed by atoms with Crippen molar-refractivity contribution >= 4 is 22.1 Å². The van der Waals surface area contributed by atoms with Crippen molar-refractivity contribution in [2.45, 2.75) is 44.8 Å². The van der Waals surface area contributed by atoms with Crippen molar-refractivity contribution < 1.29 is 4.74 Å². The minimum absolute atomic E-state index is 0.0183. The van der Waals surface area contributed by atoms with Crippen molar-refractivity contribution in [1.29, 1.82) is 0 Å². The molecule has 2 aliphatic rings. The first-order chi connectivity index (χ1) is 17.5. The number of rotatable bonds is 4. The van der Waals surface area contributed by atoms with Gasteiger partial charge in [-0.25, -0.2) is 4.85 Å². The molecule has 5 nitrogen and oxygen atoms in total. The molecule has 0 amide bonds. The van der Waals surface area contributed by atoms with Crippen LogP contribution < -0.4 is 10.5 Å². The molecule has 1 aliphatic carbocycles. The Morgan fingerprint density at radius 2 is 1.67 bits per heavy atom. The number of ether oxygens (including phenoxy) is 1. The molecule has 2 fully saturated rings. The van der Waals surface area contributed by atoms with Crippen molar-refractivity contribution in [2.75, 3.05) is 18.0 Å². The van der Waals surface area contributed by atoms with Gasteiger partial charge in [-0.15, -0.1) is 0 Å². The van der Waals surface area contributed by atoms with Crippen LogP contribution in [-0.2, 0) is 4.74 Å². The van der Waals surface area contributed by atoms with Crippen molar-refractivity contribution in [3.63, 3.8) is 0 Å². The predicted molar refractivity (Wildman–Crippen MR) is 145 cm³/mol. The number of pyridine rings is 1. The van der Waals surface area contributed by atoms with Gasteiger partial charge in [0.05, 0.1) is 18.8 Å². The second-order valence-corrected chi connectivity index (χ2v) is 10.1. The summed E-state index contributed by atoms with van der Waals surface area (Å²) in [5.41, 5.74) is 6.12. The number of nitrogens with zero attached hydrogens (tertiary/aromatic N) is 3. The van der Waals surface area contributed by atoms with Crippen LogP contribution in [0.25, 0.3) is 32.4 Å². The number of anilines is 1. The maximum atomic E-state index is 13.7. The van der Waals surface area contributed by atoms with Crippen LogP contribution in [0.2, 0.25) is 0 Å². The summed E-state index contributed by atoms with van der Waals surface area (Å²) in [5, 5.41) is 1.61. The molecule has 180 valence electrons. The van der Waals surface area contributed by atoms with E-state index in [2.05, 4.69) is 41.8 Å². The average molecular weight is 476 g/mol. The number of hydrogen-bond acceptors (Lipinski definition) is 3. The quantitative estimate of drug-likeness (QED) is 0.308. The molecule has 1 aromatic heterocycles. The fourth-order valence-electron chi connectivity index (χ4n) is 5.52. The minimum Gasteiger partial charge on any atom is -0.372 e. The molecule has 3 aromatic carbocycles. The van der Waals surface area contributed by atoms with Crippen molar-refractivity contribution in [1.82, 2.24) is 4.57 Å². The van der Waals surface area contributed by atoms with Gasteiger partial charge in [-0.1, -0.05) is 36.4 Å². The standard InChI is InChI=1S/C31H29N3O2/c1-20-18-33(19-21(2)36-20)30-14-13-25(17-29(30)23-7-8-23)34-16-15-27-26(5-4-6-28(27)31(34)35)22-9-11-24(32-3)12-10-22/h4-6,9-17,20-21,23H,7-8,18-19H2,1-2H3/t20-,21+. The van der Waals surface area contributed by atoms with E-state index in [4.69, 9.17) is 11.3 Å². The summed E-state index contributed by atoms with van der Waals surface area (Å²) in [4.78, 5) is 19.6. The number of fused-ring (bicyclic) bond motifs is 1. The average Bonchev–Trinajstić information content (AvgIpc) is 3.74. The second-order valence-electron chi connectivity index (χ2n) is 10.1. The van der Waals surface area contributed by atoms with Crippen LogP contribution in [0, 0.1) is 6.57 Å². The predicted octanol–water partition coefficient (Wildman–Crippen LogP) is 6.70. The van der Waals surface area contributed by atoms with Crippen LogP contribution in [0.15, 0.2) is 77.7 Å². The van der Waals surface area contributed by atoms with E-state index in [1.54, 1.807) is 4.57 Å². The van der Waals surface area contributed by atoms with Gasteiger partial charge in [-0.3, -0.25) is 9.36 Å². The lowest BCUT2D eigenvalue weighted by Gasteiger charge is -2.38. The van der Waals surface area contributed by atoms with E-state index in [-0.39, 0.29) is 17.8 Å². The molecule has 0 unspecified atom stereocenters. The molecule has 2 heterocycles. The van der Waals surface area contributed by atoms with E-state index < -0.39 is 0 Å². The van der Waals surface area contributed by atoms with Gasteiger partial charge in [0.15, 0.2) is 5.69 Å². The molecule has 5 heteroatoms. The van der Waals surface area contributed by atoms with E-state index in [1.165, 1.54) is 24.1 Å². The highest BCUT2D eigenvalue weighted by Gasteiger charge is 2.31. The zero-order valence-corrected chi connectivity index (χ0v) is 20.6. The molecule has 0 radical (unpaired) electrons. The van der Waals surface area contributed by atoms with Crippen molar-refractivity contribution in [3.8, 4) is 16.8 Å². The van der Waals surface area contributed by atoms with Gasteiger partial charge in [0.25, 0.3) is 5.56 Å². The molecule has 1 saturated heterocycles. The van der Waals surface area contributed by atoms with Gasteiger partial charge in [-0.05, 0) is 85.0 Å². The lowest BCUT2D eigenvalue weighted by molar-refractivity contribution is -0.00526. The maximum Gasteiger partial charge on any atom is 0.262 e. The number of benzene rings is 3. The van der Waals surface area contributed by atoms with Crippen LogP contribution in [0.3, 0.4) is 0 Å².